The molecule has 1 aromatic heterocycles. The van der Waals surface area contributed by atoms with Crippen LogP contribution in [0.25, 0.3) is 11.1 Å². The Balaban J connectivity index is 1.41. The number of benzene rings is 2. The molecule has 0 amide bonds. The lowest BCUT2D eigenvalue weighted by Crippen LogP contribution is -2.56. The van der Waals surface area contributed by atoms with Crippen molar-refractivity contribution in [1.82, 2.24) is 14.8 Å². The molecule has 5 nitrogen and oxygen atoms in total. The van der Waals surface area contributed by atoms with Crippen molar-refractivity contribution in [3.8, 4) is 11.1 Å². The molecule has 0 saturated carbocycles. The van der Waals surface area contributed by atoms with Crippen molar-refractivity contribution < 1.29 is 22.7 Å². The second kappa shape index (κ2) is 11.7. The van der Waals surface area contributed by atoms with Crippen LogP contribution in [0, 0.1) is 0 Å². The van der Waals surface area contributed by atoms with Crippen LogP contribution in [-0.2, 0) is 28.0 Å². The molecule has 1 atom stereocenters. The first-order valence-electron chi connectivity index (χ1n) is 12.9. The van der Waals surface area contributed by atoms with Gasteiger partial charge in [-0.25, -0.2) is 0 Å². The van der Waals surface area contributed by atoms with Crippen LogP contribution in [0.5, 0.6) is 0 Å². The molecular weight excluding hydrogens is 491 g/mol. The molecule has 0 aliphatic carbocycles. The summed E-state index contributed by atoms with van der Waals surface area (Å²) < 4.78 is 45.5. The van der Waals surface area contributed by atoms with Crippen LogP contribution in [0.1, 0.15) is 37.5 Å². The lowest BCUT2D eigenvalue weighted by Gasteiger charge is -2.40. The molecule has 0 N–H and O–H groups in total. The number of rotatable bonds is 8. The highest BCUT2D eigenvalue weighted by atomic mass is 19.4. The number of halogens is 3. The van der Waals surface area contributed by atoms with Gasteiger partial charge in [-0.15, -0.1) is 0 Å². The van der Waals surface area contributed by atoms with Crippen molar-refractivity contribution >= 4 is 5.97 Å². The third-order valence-electron chi connectivity index (χ3n) is 7.28. The molecule has 1 saturated heterocycles. The Kier molecular flexibility index (Phi) is 8.53. The molecule has 1 aliphatic heterocycles. The molecule has 0 bridgehead atoms. The molecule has 0 spiro atoms. The highest BCUT2D eigenvalue weighted by Gasteiger charge is 2.48. The fourth-order valence-corrected chi connectivity index (χ4v) is 4.70. The van der Waals surface area contributed by atoms with Gasteiger partial charge >= 0.3 is 12.1 Å². The van der Waals surface area contributed by atoms with E-state index in [0.717, 1.165) is 35.3 Å². The lowest BCUT2D eigenvalue weighted by atomic mass is 9.83. The first kappa shape index (κ1) is 27.8. The number of alkyl halides is 3. The first-order valence-corrected chi connectivity index (χ1v) is 12.9. The number of pyridine rings is 1. The Morgan fingerprint density at radius 1 is 0.895 bits per heavy atom. The zero-order valence-corrected chi connectivity index (χ0v) is 22.0. The Hall–Kier alpha value is -3.23. The summed E-state index contributed by atoms with van der Waals surface area (Å²) in [5, 5.41) is 0. The van der Waals surface area contributed by atoms with Crippen LogP contribution >= 0.6 is 0 Å². The summed E-state index contributed by atoms with van der Waals surface area (Å²) in [5.41, 5.74) is 2.35. The maximum Gasteiger partial charge on any atom is 0.397 e. The van der Waals surface area contributed by atoms with E-state index >= 15 is 0 Å². The van der Waals surface area contributed by atoms with E-state index in [4.69, 9.17) is 4.74 Å². The molecule has 4 rings (SSSR count). The maximum absolute atomic E-state index is 13.4. The van der Waals surface area contributed by atoms with Gasteiger partial charge in [0.2, 0.25) is 0 Å². The van der Waals surface area contributed by atoms with Crippen LogP contribution in [0.4, 0.5) is 13.2 Å². The number of nitrogens with zero attached hydrogens (tertiary/aromatic N) is 3. The van der Waals surface area contributed by atoms with Crippen LogP contribution in [0.15, 0.2) is 73.1 Å². The van der Waals surface area contributed by atoms with Crippen molar-refractivity contribution in [2.24, 2.45) is 0 Å². The van der Waals surface area contributed by atoms with Crippen molar-refractivity contribution in [3.05, 3.63) is 89.7 Å². The third kappa shape index (κ3) is 6.42. The van der Waals surface area contributed by atoms with Gasteiger partial charge in [0.15, 0.2) is 0 Å². The minimum absolute atomic E-state index is 0.209. The molecule has 2 heterocycles. The summed E-state index contributed by atoms with van der Waals surface area (Å²) >= 11 is 0. The number of carbonyl (C=O) groups is 1. The third-order valence-corrected chi connectivity index (χ3v) is 7.28. The molecule has 0 radical (unpaired) electrons. The van der Waals surface area contributed by atoms with Gasteiger partial charge in [0.05, 0.1) is 12.0 Å². The molecular formula is C30H34F3N3O2. The van der Waals surface area contributed by atoms with E-state index in [1.165, 1.54) is 13.8 Å². The summed E-state index contributed by atoms with van der Waals surface area (Å²) in [6.45, 7) is 8.04. The Morgan fingerprint density at radius 3 is 2.05 bits per heavy atom. The van der Waals surface area contributed by atoms with Crippen molar-refractivity contribution in [1.29, 1.82) is 0 Å². The minimum Gasteiger partial charge on any atom is -0.465 e. The van der Waals surface area contributed by atoms with E-state index < -0.39 is 11.6 Å². The van der Waals surface area contributed by atoms with E-state index in [9.17, 15) is 18.0 Å². The Bertz CT molecular complexity index is 1200. The van der Waals surface area contributed by atoms with E-state index in [1.54, 1.807) is 36.7 Å². The van der Waals surface area contributed by atoms with Gasteiger partial charge < -0.3 is 4.74 Å². The molecule has 2 aromatic carbocycles. The smallest absolute Gasteiger partial charge is 0.397 e. The highest BCUT2D eigenvalue weighted by molar-refractivity contribution is 5.76. The predicted octanol–water partition coefficient (Wildman–Crippen LogP) is 5.84. The van der Waals surface area contributed by atoms with Gasteiger partial charge in [-0.1, -0.05) is 48.5 Å². The van der Waals surface area contributed by atoms with Crippen molar-refractivity contribution in [2.45, 2.75) is 51.5 Å². The summed E-state index contributed by atoms with van der Waals surface area (Å²) in [6, 6.07) is 18.2. The van der Waals surface area contributed by atoms with Crippen LogP contribution in [0.2, 0.25) is 0 Å². The second-order valence-corrected chi connectivity index (χ2v) is 10.2. The minimum atomic E-state index is -4.31. The average molecular weight is 526 g/mol. The van der Waals surface area contributed by atoms with Crippen LogP contribution in [-0.4, -0.2) is 59.2 Å². The van der Waals surface area contributed by atoms with Gasteiger partial charge in [-0.3, -0.25) is 19.6 Å². The molecule has 1 fully saturated rings. The van der Waals surface area contributed by atoms with E-state index in [0.29, 0.717) is 26.2 Å². The molecule has 202 valence electrons. The van der Waals surface area contributed by atoms with Crippen molar-refractivity contribution in [2.75, 3.05) is 26.2 Å². The largest absolute Gasteiger partial charge is 0.465 e. The molecule has 8 heteroatoms. The number of esters is 1. The van der Waals surface area contributed by atoms with Crippen LogP contribution < -0.4 is 0 Å². The number of hydrogen-bond donors (Lipinski definition) is 0. The number of aromatic nitrogens is 1. The van der Waals surface area contributed by atoms with E-state index in [-0.39, 0.29) is 17.6 Å². The topological polar surface area (TPSA) is 45.7 Å². The quantitative estimate of drug-likeness (QED) is 0.346. The fourth-order valence-electron chi connectivity index (χ4n) is 4.70. The van der Waals surface area contributed by atoms with Gasteiger partial charge in [-0.05, 0) is 60.7 Å². The standard InChI is InChI=1S/C30H34F3N3O2/c1-4-38-28(37)27-21-35(17-18-36(27)20-23-13-15-34-16-14-23)19-22-5-7-24(8-6-22)25-9-11-26(12-10-25)29(2,3)30(31,32)33/h5-16,27H,4,17-21H2,1-3H3. The number of hydrogen-bond acceptors (Lipinski definition) is 5. The average Bonchev–Trinajstić information content (AvgIpc) is 2.90. The van der Waals surface area contributed by atoms with Gasteiger partial charge in [0.1, 0.15) is 6.04 Å². The summed E-state index contributed by atoms with van der Waals surface area (Å²) in [5.74, 6) is -0.209. The molecule has 1 unspecified atom stereocenters. The van der Waals surface area contributed by atoms with Crippen LogP contribution in [0.3, 0.4) is 0 Å². The monoisotopic (exact) mass is 525 g/mol. The number of piperazine rings is 1. The van der Waals surface area contributed by atoms with Crippen molar-refractivity contribution in [3.63, 3.8) is 0 Å². The number of ether oxygens (including phenoxy) is 1. The normalized spacial score (nSPS) is 17.4. The summed E-state index contributed by atoms with van der Waals surface area (Å²) in [6.07, 6.45) is -0.800. The Labute approximate surface area is 222 Å². The molecule has 3 aromatic rings. The SMILES string of the molecule is CCOC(=O)C1CN(Cc2ccc(-c3ccc(C(C)(C)C(F)(F)F)cc3)cc2)CCN1Cc1ccncc1. The summed E-state index contributed by atoms with van der Waals surface area (Å²) in [7, 11) is 0. The summed E-state index contributed by atoms with van der Waals surface area (Å²) in [4.78, 5) is 21.3. The second-order valence-electron chi connectivity index (χ2n) is 10.2. The van der Waals surface area contributed by atoms with Gasteiger partial charge in [0, 0.05) is 45.1 Å². The lowest BCUT2D eigenvalue weighted by molar-refractivity contribution is -0.180. The highest BCUT2D eigenvalue weighted by Crippen LogP contribution is 2.40. The van der Waals surface area contributed by atoms with Gasteiger partial charge in [-0.2, -0.15) is 13.2 Å². The zero-order chi connectivity index (χ0) is 27.3. The molecule has 1 aliphatic rings. The van der Waals surface area contributed by atoms with E-state index in [2.05, 4.69) is 14.8 Å². The van der Waals surface area contributed by atoms with Gasteiger partial charge in [0.25, 0.3) is 0 Å². The predicted molar refractivity (Wildman–Crippen MR) is 141 cm³/mol. The maximum atomic E-state index is 13.4. The first-order chi connectivity index (χ1) is 18.1. The Morgan fingerprint density at radius 2 is 1.47 bits per heavy atom. The fraction of sp³-hybridized carbons (Fsp3) is 0.400. The number of carbonyl (C=O) groups excluding carboxylic acids is 1. The molecule has 38 heavy (non-hydrogen) atoms. The zero-order valence-electron chi connectivity index (χ0n) is 22.0. The van der Waals surface area contributed by atoms with E-state index in [1.807, 2.05) is 43.3 Å².